The zero-order chi connectivity index (χ0) is 23.8. The molecule has 0 saturated heterocycles. The molecule has 0 unspecified atom stereocenters. The molecule has 4 heteroatoms. The topological polar surface area (TPSA) is 0 Å². The quantitative estimate of drug-likeness (QED) is 0.268. The fourth-order valence-electron chi connectivity index (χ4n) is 4.14. The van der Waals surface area contributed by atoms with Gasteiger partial charge < -0.3 is 0 Å². The highest BCUT2D eigenvalue weighted by molar-refractivity contribution is 5.64. The van der Waals surface area contributed by atoms with Gasteiger partial charge in [0.2, 0.25) is 0 Å². The number of benzene rings is 4. The van der Waals surface area contributed by atoms with E-state index < -0.39 is 23.7 Å². The molecule has 0 bridgehead atoms. The maximum absolute atomic E-state index is 13.8. The molecule has 4 aromatic rings. The lowest BCUT2D eigenvalue weighted by Gasteiger charge is -2.07. The van der Waals surface area contributed by atoms with E-state index in [9.17, 15) is 17.6 Å². The molecular formula is C30H24F4. The van der Waals surface area contributed by atoms with Crippen LogP contribution in [0.15, 0.2) is 109 Å². The molecule has 0 spiro atoms. The minimum atomic E-state index is -1.73. The first-order chi connectivity index (χ1) is 16.4. The molecule has 0 heterocycles. The Labute approximate surface area is 196 Å². The predicted molar refractivity (Wildman–Crippen MR) is 128 cm³/mol. The van der Waals surface area contributed by atoms with Gasteiger partial charge in [0.15, 0.2) is 11.3 Å². The number of hydrogen-bond donors (Lipinski definition) is 0. The van der Waals surface area contributed by atoms with Gasteiger partial charge in [-0.3, -0.25) is 0 Å². The largest absolute Gasteiger partial charge is 0.243 e. The van der Waals surface area contributed by atoms with Crippen molar-refractivity contribution in [3.8, 4) is 22.3 Å². The van der Waals surface area contributed by atoms with Crippen LogP contribution in [0.5, 0.6) is 0 Å². The van der Waals surface area contributed by atoms with Crippen LogP contribution in [0, 0.1) is 0 Å². The minimum Gasteiger partial charge on any atom is -0.243 e. The Hall–Kier alpha value is -3.40. The highest BCUT2D eigenvalue weighted by Gasteiger charge is 2.58. The third kappa shape index (κ3) is 4.37. The second-order valence-corrected chi connectivity index (χ2v) is 8.96. The van der Waals surface area contributed by atoms with Crippen LogP contribution in [-0.2, 0) is 11.3 Å². The van der Waals surface area contributed by atoms with E-state index in [2.05, 4.69) is 0 Å². The van der Waals surface area contributed by atoms with Crippen LogP contribution in [0.4, 0.5) is 17.6 Å². The van der Waals surface area contributed by atoms with Crippen molar-refractivity contribution in [2.75, 3.05) is 0 Å². The van der Waals surface area contributed by atoms with Crippen molar-refractivity contribution in [1.82, 2.24) is 0 Å². The lowest BCUT2D eigenvalue weighted by atomic mass is 10.0. The van der Waals surface area contributed by atoms with Crippen LogP contribution in [0.2, 0.25) is 0 Å². The van der Waals surface area contributed by atoms with Crippen molar-refractivity contribution >= 4 is 0 Å². The second kappa shape index (κ2) is 8.75. The average molecular weight is 461 g/mol. The molecule has 2 aliphatic carbocycles. The fraction of sp³-hybridized carbons (Fsp3) is 0.200. The summed E-state index contributed by atoms with van der Waals surface area (Å²) in [6, 6.07) is 33.8. The van der Waals surface area contributed by atoms with Crippen molar-refractivity contribution in [3.05, 3.63) is 120 Å². The number of halogens is 4. The van der Waals surface area contributed by atoms with Crippen molar-refractivity contribution < 1.29 is 17.6 Å². The molecule has 0 amide bonds. The zero-order valence-corrected chi connectivity index (χ0v) is 18.5. The predicted octanol–water partition coefficient (Wildman–Crippen LogP) is 8.52. The summed E-state index contributed by atoms with van der Waals surface area (Å²) in [5, 5.41) is 0. The van der Waals surface area contributed by atoms with E-state index >= 15 is 0 Å². The summed E-state index contributed by atoms with van der Waals surface area (Å²) >= 11 is 0. The van der Waals surface area contributed by atoms with Gasteiger partial charge in [0.25, 0.3) is 0 Å². The Bertz CT molecular complexity index is 1140. The molecule has 0 nitrogen and oxygen atoms in total. The van der Waals surface area contributed by atoms with E-state index in [4.69, 9.17) is 0 Å². The summed E-state index contributed by atoms with van der Waals surface area (Å²) in [5.41, 5.74) is 1.65. The van der Waals surface area contributed by atoms with E-state index in [1.165, 1.54) is 0 Å². The van der Waals surface area contributed by atoms with Crippen LogP contribution in [0.25, 0.3) is 22.3 Å². The summed E-state index contributed by atoms with van der Waals surface area (Å²) in [6.07, 6.45) is -2.66. The minimum absolute atomic E-state index is 0.00230. The van der Waals surface area contributed by atoms with Crippen LogP contribution < -0.4 is 0 Å². The highest BCUT2D eigenvalue weighted by Crippen LogP contribution is 2.53. The SMILES string of the molecule is F[C@H]1C[C@]1(F)c1ccc(-c2ccccc2)cc1.F[C@H]1C[C@]1(F)c1ccc(-c2ccccc2)cc1. The van der Waals surface area contributed by atoms with Gasteiger partial charge in [-0.1, -0.05) is 109 Å². The lowest BCUT2D eigenvalue weighted by molar-refractivity contribution is 0.252. The number of alkyl halides is 4. The molecule has 172 valence electrons. The van der Waals surface area contributed by atoms with Crippen molar-refractivity contribution in [1.29, 1.82) is 0 Å². The lowest BCUT2D eigenvalue weighted by Crippen LogP contribution is -2.01. The molecule has 2 saturated carbocycles. The van der Waals surface area contributed by atoms with Crippen molar-refractivity contribution in [2.24, 2.45) is 0 Å². The van der Waals surface area contributed by atoms with Gasteiger partial charge >= 0.3 is 0 Å². The standard InChI is InChI=1S/2C15H12F2/c2*16-14-10-15(14,17)13-8-6-12(7-9-13)11-4-2-1-3-5-11/h2*1-9,14H,10H2/t2*14-,15-/m00/s1. The van der Waals surface area contributed by atoms with E-state index in [0.29, 0.717) is 11.1 Å². The second-order valence-electron chi connectivity index (χ2n) is 8.96. The monoisotopic (exact) mass is 460 g/mol. The molecule has 0 aromatic heterocycles. The first kappa shape index (κ1) is 22.4. The van der Waals surface area contributed by atoms with Crippen LogP contribution in [0.3, 0.4) is 0 Å². The molecule has 2 fully saturated rings. The Morgan fingerprint density at radius 1 is 0.441 bits per heavy atom. The summed E-state index contributed by atoms with van der Waals surface area (Å²) in [7, 11) is 0. The molecule has 4 atom stereocenters. The van der Waals surface area contributed by atoms with E-state index in [-0.39, 0.29) is 12.8 Å². The molecule has 2 aliphatic rings. The Morgan fingerprint density at radius 2 is 0.706 bits per heavy atom. The highest BCUT2D eigenvalue weighted by atomic mass is 19.2. The smallest absolute Gasteiger partial charge is 0.169 e. The van der Waals surface area contributed by atoms with E-state index in [0.717, 1.165) is 22.3 Å². The first-order valence-electron chi connectivity index (χ1n) is 11.4. The third-order valence-electron chi connectivity index (χ3n) is 6.57. The van der Waals surface area contributed by atoms with Gasteiger partial charge in [-0.25, -0.2) is 17.6 Å². The molecular weight excluding hydrogens is 436 g/mol. The van der Waals surface area contributed by atoms with E-state index in [1.54, 1.807) is 24.3 Å². The maximum atomic E-state index is 13.8. The van der Waals surface area contributed by atoms with Gasteiger partial charge in [-0.15, -0.1) is 0 Å². The first-order valence-corrected chi connectivity index (χ1v) is 11.4. The Morgan fingerprint density at radius 3 is 0.971 bits per heavy atom. The fourth-order valence-corrected chi connectivity index (χ4v) is 4.14. The molecule has 6 rings (SSSR count). The molecule has 0 N–H and O–H groups in total. The van der Waals surface area contributed by atoms with Gasteiger partial charge in [0.1, 0.15) is 12.3 Å². The summed E-state index contributed by atoms with van der Waals surface area (Å²) < 4.78 is 53.4. The summed E-state index contributed by atoms with van der Waals surface area (Å²) in [5.74, 6) is 0. The van der Waals surface area contributed by atoms with Crippen molar-refractivity contribution in [3.63, 3.8) is 0 Å². The van der Waals surface area contributed by atoms with Gasteiger partial charge in [-0.2, -0.15) is 0 Å². The van der Waals surface area contributed by atoms with Gasteiger partial charge in [-0.05, 0) is 33.4 Å². The molecule has 0 radical (unpaired) electrons. The Balaban J connectivity index is 0.000000142. The van der Waals surface area contributed by atoms with Gasteiger partial charge in [0.05, 0.1) is 0 Å². The molecule has 4 aromatic carbocycles. The maximum Gasteiger partial charge on any atom is 0.169 e. The van der Waals surface area contributed by atoms with Crippen LogP contribution in [-0.4, -0.2) is 12.3 Å². The Kier molecular flexibility index (Phi) is 5.76. The number of rotatable bonds is 4. The van der Waals surface area contributed by atoms with Crippen molar-refractivity contribution in [2.45, 2.75) is 36.5 Å². The molecule has 0 aliphatic heterocycles. The zero-order valence-electron chi connectivity index (χ0n) is 18.5. The third-order valence-corrected chi connectivity index (χ3v) is 6.57. The average Bonchev–Trinajstić information content (AvgIpc) is 3.74. The molecule has 34 heavy (non-hydrogen) atoms. The summed E-state index contributed by atoms with van der Waals surface area (Å²) in [6.45, 7) is 0. The van der Waals surface area contributed by atoms with Gasteiger partial charge in [0, 0.05) is 12.8 Å². The summed E-state index contributed by atoms with van der Waals surface area (Å²) in [4.78, 5) is 0. The van der Waals surface area contributed by atoms with Crippen LogP contribution >= 0.6 is 0 Å². The number of hydrogen-bond acceptors (Lipinski definition) is 0. The van der Waals surface area contributed by atoms with E-state index in [1.807, 2.05) is 84.9 Å². The normalized spacial score (nSPS) is 26.8. The van der Waals surface area contributed by atoms with Crippen LogP contribution in [0.1, 0.15) is 24.0 Å².